The molecular formula is C7H15NO2. The van der Waals surface area contributed by atoms with Crippen LogP contribution in [0.25, 0.3) is 0 Å². The molecule has 0 saturated heterocycles. The van der Waals surface area contributed by atoms with E-state index >= 15 is 0 Å². The van der Waals surface area contributed by atoms with Crippen molar-refractivity contribution >= 4 is 5.71 Å². The number of oxime groups is 1. The van der Waals surface area contributed by atoms with Crippen LogP contribution in [0.15, 0.2) is 5.16 Å². The van der Waals surface area contributed by atoms with Gasteiger partial charge >= 0.3 is 0 Å². The first-order valence-corrected chi connectivity index (χ1v) is 3.50. The summed E-state index contributed by atoms with van der Waals surface area (Å²) in [6, 6.07) is 0. The Bertz CT molecular complexity index is 110. The first kappa shape index (κ1) is 9.43. The van der Waals surface area contributed by atoms with E-state index in [9.17, 15) is 0 Å². The van der Waals surface area contributed by atoms with E-state index in [1.165, 1.54) is 0 Å². The molecule has 0 saturated carbocycles. The minimum atomic E-state index is -0.437. The van der Waals surface area contributed by atoms with Crippen molar-refractivity contribution in [1.29, 1.82) is 0 Å². The lowest BCUT2D eigenvalue weighted by atomic mass is 10.3. The average Bonchev–Trinajstić information content (AvgIpc) is 1.87. The summed E-state index contributed by atoms with van der Waals surface area (Å²) in [5.41, 5.74) is 0.945. The Balaban J connectivity index is 3.34. The van der Waals surface area contributed by atoms with Crippen LogP contribution >= 0.6 is 0 Å². The summed E-state index contributed by atoms with van der Waals surface area (Å²) >= 11 is 0. The Labute approximate surface area is 61.7 Å². The van der Waals surface area contributed by atoms with Crippen molar-refractivity contribution in [2.24, 2.45) is 5.16 Å². The highest BCUT2D eigenvalue weighted by atomic mass is 16.6. The van der Waals surface area contributed by atoms with Gasteiger partial charge in [0.05, 0.1) is 11.8 Å². The minimum Gasteiger partial charge on any atom is -0.393 e. The maximum Gasteiger partial charge on any atom is 0.142 e. The highest BCUT2D eigenvalue weighted by Gasteiger charge is 1.93. The van der Waals surface area contributed by atoms with Crippen LogP contribution < -0.4 is 0 Å². The smallest absolute Gasteiger partial charge is 0.142 e. The van der Waals surface area contributed by atoms with Crippen LogP contribution in [0.2, 0.25) is 0 Å². The van der Waals surface area contributed by atoms with E-state index in [0.717, 1.165) is 12.1 Å². The molecule has 0 bridgehead atoms. The summed E-state index contributed by atoms with van der Waals surface area (Å²) in [6.45, 7) is 5.83. The molecule has 0 aliphatic heterocycles. The van der Waals surface area contributed by atoms with E-state index in [1.807, 2.05) is 13.8 Å². The molecule has 3 nitrogen and oxygen atoms in total. The van der Waals surface area contributed by atoms with E-state index in [2.05, 4.69) is 5.16 Å². The standard InChI is InChI=1S/C7H15NO2/c1-4-6(2)8-10-5-7(3)9/h7,9H,4-5H2,1-3H3. The first-order chi connectivity index (χ1) is 4.66. The van der Waals surface area contributed by atoms with Crippen molar-refractivity contribution in [3.05, 3.63) is 0 Å². The van der Waals surface area contributed by atoms with Crippen LogP contribution in [0.1, 0.15) is 27.2 Å². The van der Waals surface area contributed by atoms with Gasteiger partial charge in [-0.05, 0) is 20.3 Å². The lowest BCUT2D eigenvalue weighted by Gasteiger charge is -2.01. The Kier molecular flexibility index (Phi) is 4.94. The average molecular weight is 145 g/mol. The first-order valence-electron chi connectivity index (χ1n) is 3.50. The SMILES string of the molecule is CCC(C)=NOCC(C)O. The van der Waals surface area contributed by atoms with Crippen molar-refractivity contribution in [2.45, 2.75) is 33.3 Å². The van der Waals surface area contributed by atoms with Crippen LogP contribution in [0.5, 0.6) is 0 Å². The molecule has 1 N–H and O–H groups in total. The van der Waals surface area contributed by atoms with E-state index in [4.69, 9.17) is 9.94 Å². The zero-order valence-electron chi connectivity index (χ0n) is 6.79. The van der Waals surface area contributed by atoms with Gasteiger partial charge in [0.15, 0.2) is 0 Å². The van der Waals surface area contributed by atoms with Crippen LogP contribution in [0.4, 0.5) is 0 Å². The molecule has 0 aromatic rings. The normalized spacial score (nSPS) is 15.0. The molecule has 1 unspecified atom stereocenters. The molecule has 0 aliphatic carbocycles. The third kappa shape index (κ3) is 5.56. The lowest BCUT2D eigenvalue weighted by Crippen LogP contribution is -2.08. The van der Waals surface area contributed by atoms with E-state index < -0.39 is 6.10 Å². The number of nitrogens with zero attached hydrogens (tertiary/aromatic N) is 1. The monoisotopic (exact) mass is 145 g/mol. The highest BCUT2D eigenvalue weighted by Crippen LogP contribution is 1.88. The minimum absolute atomic E-state index is 0.275. The third-order valence-corrected chi connectivity index (χ3v) is 1.05. The molecule has 0 radical (unpaired) electrons. The van der Waals surface area contributed by atoms with Gasteiger partial charge in [-0.1, -0.05) is 12.1 Å². The lowest BCUT2D eigenvalue weighted by molar-refractivity contribution is 0.0497. The van der Waals surface area contributed by atoms with Gasteiger partial charge in [-0.3, -0.25) is 0 Å². The second kappa shape index (κ2) is 5.23. The van der Waals surface area contributed by atoms with Gasteiger partial charge in [-0.2, -0.15) is 0 Å². The fourth-order valence-electron chi connectivity index (χ4n) is 0.320. The molecule has 0 aliphatic rings. The predicted octanol–water partition coefficient (Wildman–Crippen LogP) is 1.17. The summed E-state index contributed by atoms with van der Waals surface area (Å²) in [5, 5.41) is 12.5. The van der Waals surface area contributed by atoms with Gasteiger partial charge in [-0.25, -0.2) is 0 Å². The second-order valence-electron chi connectivity index (χ2n) is 2.32. The molecule has 1 atom stereocenters. The summed E-state index contributed by atoms with van der Waals surface area (Å²) < 4.78 is 0. The fraction of sp³-hybridized carbons (Fsp3) is 0.857. The van der Waals surface area contributed by atoms with Gasteiger partial charge in [0.25, 0.3) is 0 Å². The maximum atomic E-state index is 8.74. The summed E-state index contributed by atoms with van der Waals surface area (Å²) in [6.07, 6.45) is 0.452. The molecule has 3 heteroatoms. The van der Waals surface area contributed by atoms with Crippen LogP contribution in [0, 0.1) is 0 Å². The number of aliphatic hydroxyl groups excluding tert-OH is 1. The summed E-state index contributed by atoms with van der Waals surface area (Å²) in [5.74, 6) is 0. The number of hydrogen-bond donors (Lipinski definition) is 1. The summed E-state index contributed by atoms with van der Waals surface area (Å²) in [7, 11) is 0. The number of hydrogen-bond acceptors (Lipinski definition) is 3. The molecule has 0 amide bonds. The zero-order chi connectivity index (χ0) is 7.98. The van der Waals surface area contributed by atoms with Crippen LogP contribution in [-0.4, -0.2) is 23.5 Å². The Morgan fingerprint density at radius 1 is 1.70 bits per heavy atom. The highest BCUT2D eigenvalue weighted by molar-refractivity contribution is 5.80. The van der Waals surface area contributed by atoms with Gasteiger partial charge in [0.2, 0.25) is 0 Å². The third-order valence-electron chi connectivity index (χ3n) is 1.05. The van der Waals surface area contributed by atoms with Crippen molar-refractivity contribution in [3.8, 4) is 0 Å². The van der Waals surface area contributed by atoms with E-state index in [0.29, 0.717) is 0 Å². The van der Waals surface area contributed by atoms with Gasteiger partial charge in [0.1, 0.15) is 6.61 Å². The molecule has 0 rings (SSSR count). The van der Waals surface area contributed by atoms with E-state index in [1.54, 1.807) is 6.92 Å². The number of aliphatic hydroxyl groups is 1. The molecule has 0 fully saturated rings. The van der Waals surface area contributed by atoms with Gasteiger partial charge < -0.3 is 9.94 Å². The zero-order valence-corrected chi connectivity index (χ0v) is 6.79. The van der Waals surface area contributed by atoms with Crippen molar-refractivity contribution in [3.63, 3.8) is 0 Å². The Hall–Kier alpha value is -0.570. The second-order valence-corrected chi connectivity index (χ2v) is 2.32. The molecule has 0 aromatic heterocycles. The van der Waals surface area contributed by atoms with Gasteiger partial charge in [0, 0.05) is 0 Å². The van der Waals surface area contributed by atoms with Crippen LogP contribution in [0.3, 0.4) is 0 Å². The summed E-state index contributed by atoms with van der Waals surface area (Å²) in [4.78, 5) is 4.79. The Morgan fingerprint density at radius 3 is 2.70 bits per heavy atom. The predicted molar refractivity (Wildman–Crippen MR) is 41.0 cm³/mol. The molecule has 60 valence electrons. The van der Waals surface area contributed by atoms with E-state index in [-0.39, 0.29) is 6.61 Å². The van der Waals surface area contributed by atoms with Crippen molar-refractivity contribution in [1.82, 2.24) is 0 Å². The van der Waals surface area contributed by atoms with Crippen LogP contribution in [-0.2, 0) is 4.84 Å². The topological polar surface area (TPSA) is 41.8 Å². The number of rotatable bonds is 4. The molecule has 0 aromatic carbocycles. The Morgan fingerprint density at radius 2 is 2.30 bits per heavy atom. The molecule has 0 spiro atoms. The quantitative estimate of drug-likeness (QED) is 0.476. The maximum absolute atomic E-state index is 8.74. The largest absolute Gasteiger partial charge is 0.393 e. The van der Waals surface area contributed by atoms with Crippen molar-refractivity contribution in [2.75, 3.05) is 6.61 Å². The van der Waals surface area contributed by atoms with Crippen molar-refractivity contribution < 1.29 is 9.94 Å². The molecule has 0 heterocycles. The fourth-order valence-corrected chi connectivity index (χ4v) is 0.320. The molecular weight excluding hydrogens is 130 g/mol. The van der Waals surface area contributed by atoms with Gasteiger partial charge in [-0.15, -0.1) is 0 Å². The molecule has 10 heavy (non-hydrogen) atoms.